The van der Waals surface area contributed by atoms with Crippen LogP contribution < -0.4 is 0 Å². The fraction of sp³-hybridized carbons (Fsp3) is 0.278. The van der Waals surface area contributed by atoms with E-state index in [0.29, 0.717) is 23.4 Å². The Morgan fingerprint density at radius 3 is 2.80 bits per heavy atom. The van der Waals surface area contributed by atoms with Crippen LogP contribution in [0.5, 0.6) is 0 Å². The first kappa shape index (κ1) is 16.5. The van der Waals surface area contributed by atoms with E-state index in [4.69, 9.17) is 11.6 Å². The van der Waals surface area contributed by atoms with Crippen LogP contribution >= 0.6 is 27.5 Å². The van der Waals surface area contributed by atoms with Gasteiger partial charge in [0.1, 0.15) is 0 Å². The van der Waals surface area contributed by atoms with Crippen LogP contribution in [0.4, 0.5) is 0 Å². The zero-order valence-corrected chi connectivity index (χ0v) is 16.2. The molecule has 3 aromatic rings. The van der Waals surface area contributed by atoms with Crippen molar-refractivity contribution in [2.75, 3.05) is 0 Å². The maximum Gasteiger partial charge on any atom is 0.254 e. The number of benzene rings is 1. The molecule has 5 nitrogen and oxygen atoms in total. The summed E-state index contributed by atoms with van der Waals surface area (Å²) in [6.45, 7) is 4.83. The highest BCUT2D eigenvalue weighted by molar-refractivity contribution is 9.08. The van der Waals surface area contributed by atoms with Crippen molar-refractivity contribution in [2.24, 2.45) is 0 Å². The summed E-state index contributed by atoms with van der Waals surface area (Å²) in [7, 11) is 0. The molecule has 25 heavy (non-hydrogen) atoms. The molecule has 0 radical (unpaired) electrons. The smallest absolute Gasteiger partial charge is 0.254 e. The van der Waals surface area contributed by atoms with Gasteiger partial charge in [-0.2, -0.15) is 5.10 Å². The van der Waals surface area contributed by atoms with Gasteiger partial charge in [0.2, 0.25) is 0 Å². The van der Waals surface area contributed by atoms with Gasteiger partial charge in [-0.05, 0) is 25.5 Å². The van der Waals surface area contributed by atoms with E-state index in [1.54, 1.807) is 4.52 Å². The van der Waals surface area contributed by atoms with Crippen LogP contribution in [0.1, 0.15) is 38.6 Å². The zero-order chi connectivity index (χ0) is 17.7. The molecule has 0 N–H and O–H groups in total. The largest absolute Gasteiger partial charge is 0.328 e. The number of amides is 1. The molecule has 0 atom stereocenters. The fourth-order valence-corrected chi connectivity index (χ4v) is 3.88. The van der Waals surface area contributed by atoms with Crippen LogP contribution in [-0.4, -0.2) is 25.4 Å². The summed E-state index contributed by atoms with van der Waals surface area (Å²) < 4.78 is 1.79. The van der Waals surface area contributed by atoms with Gasteiger partial charge in [-0.25, -0.2) is 9.50 Å². The molecule has 0 saturated heterocycles. The van der Waals surface area contributed by atoms with Gasteiger partial charge < -0.3 is 4.90 Å². The highest BCUT2D eigenvalue weighted by Gasteiger charge is 2.31. The third-order valence-electron chi connectivity index (χ3n) is 4.63. The quantitative estimate of drug-likeness (QED) is 0.589. The van der Waals surface area contributed by atoms with E-state index in [1.807, 2.05) is 43.0 Å². The summed E-state index contributed by atoms with van der Waals surface area (Å²) in [6, 6.07) is 7.67. The third kappa shape index (κ3) is 2.55. The molecular formula is C18H16BrClN4O. The molecule has 3 heterocycles. The van der Waals surface area contributed by atoms with Crippen molar-refractivity contribution in [3.63, 3.8) is 0 Å². The first-order valence-electron chi connectivity index (χ1n) is 7.97. The summed E-state index contributed by atoms with van der Waals surface area (Å²) in [5, 5.41) is 5.91. The number of hydrogen-bond acceptors (Lipinski definition) is 3. The lowest BCUT2D eigenvalue weighted by Gasteiger charge is -2.17. The lowest BCUT2D eigenvalue weighted by atomic mass is 10.1. The second kappa shape index (κ2) is 6.11. The molecule has 0 bridgehead atoms. The Morgan fingerprint density at radius 2 is 2.04 bits per heavy atom. The number of nitrogens with zero attached hydrogens (tertiary/aromatic N) is 4. The van der Waals surface area contributed by atoms with Gasteiger partial charge >= 0.3 is 0 Å². The van der Waals surface area contributed by atoms with Crippen molar-refractivity contribution < 1.29 is 4.79 Å². The molecule has 7 heteroatoms. The second-order valence-corrected chi connectivity index (χ2v) is 7.15. The van der Waals surface area contributed by atoms with Gasteiger partial charge in [0.25, 0.3) is 5.91 Å². The Hall–Kier alpha value is -1.92. The van der Waals surface area contributed by atoms with E-state index >= 15 is 0 Å². The number of alkyl halides is 1. The average molecular weight is 420 g/mol. The van der Waals surface area contributed by atoms with Crippen LogP contribution in [0, 0.1) is 13.8 Å². The van der Waals surface area contributed by atoms with Crippen molar-refractivity contribution in [2.45, 2.75) is 32.3 Å². The van der Waals surface area contributed by atoms with Gasteiger partial charge in [-0.3, -0.25) is 4.79 Å². The van der Waals surface area contributed by atoms with Gasteiger partial charge in [-0.1, -0.05) is 45.7 Å². The Kier molecular flexibility index (Phi) is 4.04. The molecule has 1 aromatic carbocycles. The van der Waals surface area contributed by atoms with Crippen molar-refractivity contribution in [1.82, 2.24) is 19.5 Å². The summed E-state index contributed by atoms with van der Waals surface area (Å²) in [4.78, 5) is 19.4. The standard InChI is InChI=1S/C18H16BrClN4O/c1-10-16(20)11(2)24-17(21-10)14-8-23(9-15(14)22-24)18(25)13-6-4-3-5-12(13)7-19/h3-6H,7-9H2,1-2H3. The number of carbonyl (C=O) groups is 1. The predicted octanol–water partition coefficient (Wildman–Crippen LogP) is 4.05. The minimum absolute atomic E-state index is 0.0219. The first-order chi connectivity index (χ1) is 12.0. The highest BCUT2D eigenvalue weighted by atomic mass is 79.9. The van der Waals surface area contributed by atoms with Crippen molar-refractivity contribution in [1.29, 1.82) is 0 Å². The second-order valence-electron chi connectivity index (χ2n) is 6.21. The van der Waals surface area contributed by atoms with Crippen LogP contribution in [-0.2, 0) is 18.4 Å². The molecule has 0 saturated carbocycles. The van der Waals surface area contributed by atoms with Crippen LogP contribution in [0.3, 0.4) is 0 Å². The molecule has 0 spiro atoms. The van der Waals surface area contributed by atoms with Crippen molar-refractivity contribution in [3.8, 4) is 0 Å². The topological polar surface area (TPSA) is 50.5 Å². The number of halogens is 2. The van der Waals surface area contributed by atoms with Crippen molar-refractivity contribution >= 4 is 39.1 Å². The summed E-state index contributed by atoms with van der Waals surface area (Å²) in [5.41, 5.74) is 6.06. The zero-order valence-electron chi connectivity index (χ0n) is 13.9. The fourth-order valence-electron chi connectivity index (χ4n) is 3.27. The Labute approximate surface area is 158 Å². The van der Waals surface area contributed by atoms with E-state index < -0.39 is 0 Å². The minimum Gasteiger partial charge on any atom is -0.328 e. The lowest BCUT2D eigenvalue weighted by Crippen LogP contribution is -2.26. The van der Waals surface area contributed by atoms with Crippen molar-refractivity contribution in [3.05, 3.63) is 63.1 Å². The normalized spacial score (nSPS) is 13.5. The van der Waals surface area contributed by atoms with Gasteiger partial charge in [-0.15, -0.1) is 0 Å². The highest BCUT2D eigenvalue weighted by Crippen LogP contribution is 2.30. The van der Waals surface area contributed by atoms with E-state index in [2.05, 4.69) is 26.0 Å². The number of carbonyl (C=O) groups excluding carboxylic acids is 1. The van der Waals surface area contributed by atoms with E-state index in [9.17, 15) is 4.79 Å². The Morgan fingerprint density at radius 1 is 1.28 bits per heavy atom. The molecule has 0 unspecified atom stereocenters. The molecule has 4 rings (SSSR count). The van der Waals surface area contributed by atoms with E-state index in [1.165, 1.54) is 0 Å². The molecule has 1 aliphatic rings. The molecule has 1 amide bonds. The molecule has 1 aliphatic heterocycles. The third-order valence-corrected chi connectivity index (χ3v) is 5.79. The molecular weight excluding hydrogens is 404 g/mol. The maximum absolute atomic E-state index is 12.9. The molecule has 0 aliphatic carbocycles. The molecule has 2 aromatic heterocycles. The number of aromatic nitrogens is 3. The monoisotopic (exact) mass is 418 g/mol. The Bertz CT molecular complexity index is 1010. The van der Waals surface area contributed by atoms with Crippen LogP contribution in [0.25, 0.3) is 5.65 Å². The van der Waals surface area contributed by atoms with E-state index in [0.717, 1.165) is 39.4 Å². The van der Waals surface area contributed by atoms with Gasteiger partial charge in [0.15, 0.2) is 5.65 Å². The average Bonchev–Trinajstić information content (AvgIpc) is 3.18. The first-order valence-corrected chi connectivity index (χ1v) is 9.47. The summed E-state index contributed by atoms with van der Waals surface area (Å²) >= 11 is 9.73. The SMILES string of the molecule is Cc1nc2c3c(nn2c(C)c1Cl)CN(C(=O)c1ccccc1CBr)C3. The van der Waals surface area contributed by atoms with Crippen LogP contribution in [0.2, 0.25) is 5.02 Å². The maximum atomic E-state index is 12.9. The number of rotatable bonds is 2. The Balaban J connectivity index is 1.71. The number of fused-ring (bicyclic) bond motifs is 3. The number of hydrogen-bond donors (Lipinski definition) is 0. The van der Waals surface area contributed by atoms with Gasteiger partial charge in [0.05, 0.1) is 35.2 Å². The summed E-state index contributed by atoms with van der Waals surface area (Å²) in [6.07, 6.45) is 0. The summed E-state index contributed by atoms with van der Waals surface area (Å²) in [5.74, 6) is 0.0219. The molecule has 128 valence electrons. The minimum atomic E-state index is 0.0219. The van der Waals surface area contributed by atoms with E-state index in [-0.39, 0.29) is 5.91 Å². The molecule has 0 fully saturated rings. The number of aryl methyl sites for hydroxylation is 2. The lowest BCUT2D eigenvalue weighted by molar-refractivity contribution is 0.0749. The van der Waals surface area contributed by atoms with Gasteiger partial charge in [0, 0.05) is 16.5 Å². The van der Waals surface area contributed by atoms with Crippen LogP contribution in [0.15, 0.2) is 24.3 Å². The predicted molar refractivity (Wildman–Crippen MR) is 100 cm³/mol.